The van der Waals surface area contributed by atoms with Crippen LogP contribution in [-0.4, -0.2) is 24.1 Å². The number of carbonyl (C=O) groups is 1. The van der Waals surface area contributed by atoms with Crippen molar-refractivity contribution in [3.05, 3.63) is 47.2 Å². The first-order valence-corrected chi connectivity index (χ1v) is 8.54. The van der Waals surface area contributed by atoms with Crippen LogP contribution in [0.15, 0.2) is 41.6 Å². The van der Waals surface area contributed by atoms with Crippen LogP contribution in [0.5, 0.6) is 0 Å². The van der Waals surface area contributed by atoms with E-state index in [0.29, 0.717) is 11.4 Å². The summed E-state index contributed by atoms with van der Waals surface area (Å²) < 4.78 is 27.6. The Bertz CT molecular complexity index is 831. The fraction of sp³-hybridized carbons (Fsp3) is 0.286. The average molecular weight is 340 g/mol. The Morgan fingerprint density at radius 2 is 2.23 bits per heavy atom. The van der Waals surface area contributed by atoms with E-state index in [1.54, 1.807) is 19.2 Å². The molecule has 1 saturated carbocycles. The zero-order valence-electron chi connectivity index (χ0n) is 11.7. The van der Waals surface area contributed by atoms with Gasteiger partial charge in [-0.3, -0.25) is 9.48 Å². The van der Waals surface area contributed by atoms with Gasteiger partial charge in [-0.2, -0.15) is 5.10 Å². The molecular formula is C14H14ClN3O3S. The highest BCUT2D eigenvalue weighted by Gasteiger charge is 2.45. The highest BCUT2D eigenvalue weighted by molar-refractivity contribution is 7.90. The van der Waals surface area contributed by atoms with Crippen LogP contribution in [0.4, 0.5) is 0 Å². The Morgan fingerprint density at radius 3 is 2.86 bits per heavy atom. The molecule has 116 valence electrons. The smallest absolute Gasteiger partial charge is 0.267 e. The van der Waals surface area contributed by atoms with Crippen molar-refractivity contribution in [3.8, 4) is 0 Å². The number of aromatic nitrogens is 2. The van der Waals surface area contributed by atoms with Gasteiger partial charge in [0.1, 0.15) is 4.90 Å². The van der Waals surface area contributed by atoms with E-state index in [0.717, 1.165) is 5.56 Å². The molecule has 1 N–H and O–H groups in total. The third-order valence-corrected chi connectivity index (χ3v) is 5.17. The lowest BCUT2D eigenvalue weighted by molar-refractivity contribution is -0.120. The first-order valence-electron chi connectivity index (χ1n) is 6.67. The van der Waals surface area contributed by atoms with Gasteiger partial charge >= 0.3 is 0 Å². The Labute approximate surface area is 133 Å². The van der Waals surface area contributed by atoms with Crippen LogP contribution < -0.4 is 4.72 Å². The fourth-order valence-corrected chi connectivity index (χ4v) is 3.61. The molecule has 0 saturated heterocycles. The number of aryl methyl sites for hydroxylation is 1. The van der Waals surface area contributed by atoms with Crippen LogP contribution in [0.2, 0.25) is 5.02 Å². The zero-order valence-corrected chi connectivity index (χ0v) is 13.3. The first kappa shape index (κ1) is 15.1. The van der Waals surface area contributed by atoms with Crippen LogP contribution in [0.3, 0.4) is 0 Å². The molecule has 0 unspecified atom stereocenters. The summed E-state index contributed by atoms with van der Waals surface area (Å²) in [4.78, 5) is 12.1. The van der Waals surface area contributed by atoms with E-state index in [1.165, 1.54) is 17.1 Å². The Kier molecular flexibility index (Phi) is 3.70. The molecule has 1 aromatic heterocycles. The predicted molar refractivity (Wildman–Crippen MR) is 80.8 cm³/mol. The number of amides is 1. The van der Waals surface area contributed by atoms with Gasteiger partial charge < -0.3 is 0 Å². The minimum absolute atomic E-state index is 0.0165. The van der Waals surface area contributed by atoms with Gasteiger partial charge in [0.15, 0.2) is 0 Å². The van der Waals surface area contributed by atoms with Crippen molar-refractivity contribution in [1.82, 2.24) is 14.5 Å². The normalized spacial score (nSPS) is 20.6. The van der Waals surface area contributed by atoms with Gasteiger partial charge in [-0.25, -0.2) is 13.1 Å². The van der Waals surface area contributed by atoms with Crippen molar-refractivity contribution in [2.75, 3.05) is 0 Å². The maximum atomic E-state index is 12.1. The van der Waals surface area contributed by atoms with Crippen molar-refractivity contribution in [1.29, 1.82) is 0 Å². The Morgan fingerprint density at radius 1 is 1.45 bits per heavy atom. The largest absolute Gasteiger partial charge is 0.274 e. The van der Waals surface area contributed by atoms with Crippen molar-refractivity contribution >= 4 is 27.5 Å². The van der Waals surface area contributed by atoms with Crippen molar-refractivity contribution in [2.24, 2.45) is 13.0 Å². The summed E-state index contributed by atoms with van der Waals surface area (Å²) in [7, 11) is -2.26. The van der Waals surface area contributed by atoms with E-state index in [1.807, 2.05) is 12.1 Å². The van der Waals surface area contributed by atoms with E-state index in [4.69, 9.17) is 11.6 Å². The molecule has 1 aliphatic carbocycles. The summed E-state index contributed by atoms with van der Waals surface area (Å²) in [6, 6.07) is 7.27. The van der Waals surface area contributed by atoms with Gasteiger partial charge in [0.25, 0.3) is 10.0 Å². The minimum Gasteiger partial charge on any atom is -0.274 e. The first-order chi connectivity index (χ1) is 10.4. The second-order valence-electron chi connectivity index (χ2n) is 5.32. The average Bonchev–Trinajstić information content (AvgIpc) is 3.13. The SMILES string of the molecule is Cn1cc(S(=O)(=O)NC(=O)[C@H]2C[C@@H]2c2cccc(Cl)c2)cn1. The highest BCUT2D eigenvalue weighted by Crippen LogP contribution is 2.48. The van der Waals surface area contributed by atoms with Crippen LogP contribution in [-0.2, 0) is 21.9 Å². The van der Waals surface area contributed by atoms with Gasteiger partial charge in [-0.15, -0.1) is 0 Å². The molecule has 0 radical (unpaired) electrons. The molecule has 1 aliphatic rings. The lowest BCUT2D eigenvalue weighted by Crippen LogP contribution is -2.31. The predicted octanol–water partition coefficient (Wildman–Crippen LogP) is 1.68. The fourth-order valence-electron chi connectivity index (χ4n) is 2.39. The van der Waals surface area contributed by atoms with Crippen molar-refractivity contribution < 1.29 is 13.2 Å². The second kappa shape index (κ2) is 5.40. The number of halogens is 1. The van der Waals surface area contributed by atoms with Gasteiger partial charge in [0, 0.05) is 24.2 Å². The highest BCUT2D eigenvalue weighted by atomic mass is 35.5. The molecule has 6 nitrogen and oxygen atoms in total. The van der Waals surface area contributed by atoms with Crippen LogP contribution in [0.1, 0.15) is 17.9 Å². The topological polar surface area (TPSA) is 81.1 Å². The van der Waals surface area contributed by atoms with Gasteiger partial charge in [-0.1, -0.05) is 23.7 Å². The second-order valence-corrected chi connectivity index (χ2v) is 7.44. The molecule has 1 aromatic carbocycles. The maximum absolute atomic E-state index is 12.1. The molecule has 8 heteroatoms. The molecule has 2 aromatic rings. The van der Waals surface area contributed by atoms with Crippen molar-refractivity contribution in [2.45, 2.75) is 17.2 Å². The van der Waals surface area contributed by atoms with Gasteiger partial charge in [0.2, 0.25) is 5.91 Å². The third kappa shape index (κ3) is 3.00. The lowest BCUT2D eigenvalue weighted by Gasteiger charge is -2.05. The number of nitrogens with one attached hydrogen (secondary N) is 1. The molecule has 2 atom stereocenters. The van der Waals surface area contributed by atoms with Crippen LogP contribution in [0.25, 0.3) is 0 Å². The van der Waals surface area contributed by atoms with Gasteiger partial charge in [0.05, 0.1) is 6.20 Å². The summed E-state index contributed by atoms with van der Waals surface area (Å²) in [5.41, 5.74) is 0.950. The van der Waals surface area contributed by atoms with Crippen LogP contribution >= 0.6 is 11.6 Å². The number of benzene rings is 1. The number of nitrogens with zero attached hydrogens (tertiary/aromatic N) is 2. The van der Waals surface area contributed by atoms with Crippen LogP contribution in [0, 0.1) is 5.92 Å². The minimum atomic E-state index is -3.87. The zero-order chi connectivity index (χ0) is 15.9. The molecule has 3 rings (SSSR count). The Hall–Kier alpha value is -1.86. The van der Waals surface area contributed by atoms with E-state index in [2.05, 4.69) is 9.82 Å². The van der Waals surface area contributed by atoms with E-state index < -0.39 is 15.9 Å². The van der Waals surface area contributed by atoms with E-state index >= 15 is 0 Å². The summed E-state index contributed by atoms with van der Waals surface area (Å²) >= 11 is 5.93. The molecule has 1 heterocycles. The standard InChI is InChI=1S/C14H14ClN3O3S/c1-18-8-11(7-16-18)22(20,21)17-14(19)13-6-12(13)9-3-2-4-10(15)5-9/h2-5,7-8,12-13H,6H2,1H3,(H,17,19)/t12-,13+/m1/s1. The molecule has 0 bridgehead atoms. The maximum Gasteiger partial charge on any atom is 0.267 e. The monoisotopic (exact) mass is 339 g/mol. The number of sulfonamides is 1. The molecule has 0 spiro atoms. The summed E-state index contributed by atoms with van der Waals surface area (Å²) in [5.74, 6) is -0.818. The molecule has 22 heavy (non-hydrogen) atoms. The molecule has 1 fully saturated rings. The molecule has 0 aliphatic heterocycles. The number of rotatable bonds is 4. The molecular weight excluding hydrogens is 326 g/mol. The summed E-state index contributed by atoms with van der Waals surface area (Å²) in [6.45, 7) is 0. The third-order valence-electron chi connectivity index (χ3n) is 3.63. The van der Waals surface area contributed by atoms with E-state index in [9.17, 15) is 13.2 Å². The lowest BCUT2D eigenvalue weighted by atomic mass is 10.1. The van der Waals surface area contributed by atoms with Gasteiger partial charge in [-0.05, 0) is 30.0 Å². The number of hydrogen-bond donors (Lipinski definition) is 1. The van der Waals surface area contributed by atoms with E-state index in [-0.39, 0.29) is 16.7 Å². The number of hydrogen-bond acceptors (Lipinski definition) is 4. The molecule has 1 amide bonds. The Balaban J connectivity index is 1.69. The quantitative estimate of drug-likeness (QED) is 0.919. The number of carbonyl (C=O) groups excluding carboxylic acids is 1. The van der Waals surface area contributed by atoms with Crippen molar-refractivity contribution in [3.63, 3.8) is 0 Å². The summed E-state index contributed by atoms with van der Waals surface area (Å²) in [5, 5.41) is 4.40. The summed E-state index contributed by atoms with van der Waals surface area (Å²) in [6.07, 6.45) is 3.17.